The molecule has 3 rings (SSSR count). The molecule has 1 heterocycles. The van der Waals surface area contributed by atoms with E-state index in [0.29, 0.717) is 31.9 Å². The third kappa shape index (κ3) is 4.83. The summed E-state index contributed by atoms with van der Waals surface area (Å²) >= 11 is 0. The third-order valence-electron chi connectivity index (χ3n) is 6.40. The number of carbonyl (C=O) groups is 3. The Bertz CT molecular complexity index is 753. The Balaban J connectivity index is 1.60. The standard InChI is InChI=1S/C23H32N2O5/c1-3-30-23(29)18(16-8-5-4-6-9-16)12-13-24-15(2)21(26)25-19-11-7-10-17(19)14-20(25)22(27)28/h4-6,8-9,15,17-20,24H,3,7,10-14H2,1-2H3,(H,27,28)/t15-,17-,18?,19-,20-/m0/s1. The molecule has 2 aliphatic rings. The largest absolute Gasteiger partial charge is 0.480 e. The normalized spacial score (nSPS) is 24.9. The van der Waals surface area contributed by atoms with Crippen LogP contribution in [0, 0.1) is 5.92 Å². The number of carbonyl (C=O) groups excluding carboxylic acids is 2. The quantitative estimate of drug-likeness (QED) is 0.601. The Morgan fingerprint density at radius 2 is 1.97 bits per heavy atom. The van der Waals surface area contributed by atoms with Gasteiger partial charge in [0.15, 0.2) is 0 Å². The molecule has 1 saturated heterocycles. The zero-order valence-corrected chi connectivity index (χ0v) is 17.8. The van der Waals surface area contributed by atoms with Gasteiger partial charge in [-0.15, -0.1) is 0 Å². The highest BCUT2D eigenvalue weighted by Crippen LogP contribution is 2.41. The Kier molecular flexibility index (Phi) is 7.48. The maximum atomic E-state index is 13.1. The number of hydrogen-bond acceptors (Lipinski definition) is 5. The van der Waals surface area contributed by atoms with Gasteiger partial charge in [0, 0.05) is 6.04 Å². The molecule has 1 unspecified atom stereocenters. The van der Waals surface area contributed by atoms with Crippen molar-refractivity contribution in [1.82, 2.24) is 10.2 Å². The van der Waals surface area contributed by atoms with Crippen molar-refractivity contribution in [1.29, 1.82) is 0 Å². The summed E-state index contributed by atoms with van der Waals surface area (Å²) in [5, 5.41) is 12.8. The van der Waals surface area contributed by atoms with E-state index in [-0.39, 0.29) is 17.9 Å². The molecule has 2 N–H and O–H groups in total. The van der Waals surface area contributed by atoms with Gasteiger partial charge in [-0.2, -0.15) is 0 Å². The van der Waals surface area contributed by atoms with Crippen LogP contribution >= 0.6 is 0 Å². The molecule has 30 heavy (non-hydrogen) atoms. The summed E-state index contributed by atoms with van der Waals surface area (Å²) in [6.45, 7) is 4.32. The molecule has 7 heteroatoms. The van der Waals surface area contributed by atoms with Gasteiger partial charge in [-0.25, -0.2) is 4.79 Å². The van der Waals surface area contributed by atoms with Crippen LogP contribution in [-0.2, 0) is 19.1 Å². The number of nitrogens with one attached hydrogen (secondary N) is 1. The van der Waals surface area contributed by atoms with E-state index < -0.39 is 24.0 Å². The Hall–Kier alpha value is -2.41. The summed E-state index contributed by atoms with van der Waals surface area (Å²) in [4.78, 5) is 38.8. The van der Waals surface area contributed by atoms with Crippen LogP contribution in [0.3, 0.4) is 0 Å². The van der Waals surface area contributed by atoms with E-state index in [1.807, 2.05) is 30.3 Å². The predicted octanol–water partition coefficient (Wildman–Crippen LogP) is 2.56. The lowest BCUT2D eigenvalue weighted by Gasteiger charge is -2.30. The van der Waals surface area contributed by atoms with Crippen molar-refractivity contribution in [3.8, 4) is 0 Å². The first-order valence-electron chi connectivity index (χ1n) is 10.9. The molecule has 0 radical (unpaired) electrons. The van der Waals surface area contributed by atoms with Crippen molar-refractivity contribution in [2.45, 2.75) is 70.0 Å². The first kappa shape index (κ1) is 22.3. The molecule has 164 valence electrons. The molecule has 0 bridgehead atoms. The van der Waals surface area contributed by atoms with Gasteiger partial charge in [0.2, 0.25) is 5.91 Å². The summed E-state index contributed by atoms with van der Waals surface area (Å²) in [5.74, 6) is -1.46. The monoisotopic (exact) mass is 416 g/mol. The van der Waals surface area contributed by atoms with Crippen molar-refractivity contribution >= 4 is 17.8 Å². The SMILES string of the molecule is CCOC(=O)C(CCN[C@@H](C)C(=O)N1[C@H](C(=O)O)C[C@@H]2CCC[C@@H]21)c1ccccc1. The lowest BCUT2D eigenvalue weighted by molar-refractivity contribution is -0.150. The van der Waals surface area contributed by atoms with Gasteiger partial charge in [-0.3, -0.25) is 9.59 Å². The number of ether oxygens (including phenoxy) is 1. The molecule has 1 saturated carbocycles. The van der Waals surface area contributed by atoms with E-state index in [4.69, 9.17) is 4.74 Å². The molecular formula is C23H32N2O5. The number of likely N-dealkylation sites (tertiary alicyclic amines) is 1. The number of fused-ring (bicyclic) bond motifs is 1. The fraction of sp³-hybridized carbons (Fsp3) is 0.609. The van der Waals surface area contributed by atoms with E-state index in [0.717, 1.165) is 24.8 Å². The molecule has 1 amide bonds. The zero-order valence-electron chi connectivity index (χ0n) is 17.8. The number of hydrogen-bond donors (Lipinski definition) is 2. The number of nitrogens with zero attached hydrogens (tertiary/aromatic N) is 1. The minimum atomic E-state index is -0.920. The van der Waals surface area contributed by atoms with E-state index in [1.54, 1.807) is 18.7 Å². The van der Waals surface area contributed by atoms with Crippen LogP contribution in [0.2, 0.25) is 0 Å². The van der Waals surface area contributed by atoms with E-state index in [9.17, 15) is 19.5 Å². The molecule has 1 aliphatic carbocycles. The number of rotatable bonds is 9. The zero-order chi connectivity index (χ0) is 21.7. The van der Waals surface area contributed by atoms with Crippen molar-refractivity contribution < 1.29 is 24.2 Å². The second-order valence-electron chi connectivity index (χ2n) is 8.27. The van der Waals surface area contributed by atoms with Gasteiger partial charge in [0.05, 0.1) is 18.6 Å². The molecule has 2 fully saturated rings. The maximum absolute atomic E-state index is 13.1. The van der Waals surface area contributed by atoms with Crippen LogP contribution in [-0.4, -0.2) is 59.1 Å². The van der Waals surface area contributed by atoms with Crippen molar-refractivity contribution in [2.75, 3.05) is 13.2 Å². The molecule has 0 spiro atoms. The lowest BCUT2D eigenvalue weighted by Crippen LogP contribution is -2.52. The fourth-order valence-corrected chi connectivity index (χ4v) is 4.93. The Morgan fingerprint density at radius 3 is 2.63 bits per heavy atom. The van der Waals surface area contributed by atoms with Gasteiger partial charge in [-0.1, -0.05) is 36.8 Å². The summed E-state index contributed by atoms with van der Waals surface area (Å²) in [6, 6.07) is 8.28. The summed E-state index contributed by atoms with van der Waals surface area (Å²) < 4.78 is 5.23. The van der Waals surface area contributed by atoms with Crippen LogP contribution < -0.4 is 5.32 Å². The van der Waals surface area contributed by atoms with Crippen LogP contribution in [0.25, 0.3) is 0 Å². The average Bonchev–Trinajstić information content (AvgIpc) is 3.32. The second-order valence-corrected chi connectivity index (χ2v) is 8.27. The maximum Gasteiger partial charge on any atom is 0.326 e. The Labute approximate surface area is 177 Å². The first-order chi connectivity index (χ1) is 14.4. The predicted molar refractivity (Wildman–Crippen MR) is 112 cm³/mol. The van der Waals surface area contributed by atoms with Gasteiger partial charge in [0.1, 0.15) is 6.04 Å². The van der Waals surface area contributed by atoms with Crippen LogP contribution in [0.15, 0.2) is 30.3 Å². The first-order valence-corrected chi connectivity index (χ1v) is 10.9. The van der Waals surface area contributed by atoms with Crippen LogP contribution in [0.1, 0.15) is 57.4 Å². The average molecular weight is 417 g/mol. The third-order valence-corrected chi connectivity index (χ3v) is 6.40. The molecule has 7 nitrogen and oxygen atoms in total. The molecule has 0 aromatic heterocycles. The van der Waals surface area contributed by atoms with E-state index in [1.165, 1.54) is 0 Å². The number of esters is 1. The highest BCUT2D eigenvalue weighted by atomic mass is 16.5. The summed E-state index contributed by atoms with van der Waals surface area (Å²) in [5.41, 5.74) is 0.885. The molecule has 1 aromatic rings. The van der Waals surface area contributed by atoms with Gasteiger partial charge >= 0.3 is 11.9 Å². The van der Waals surface area contributed by atoms with E-state index >= 15 is 0 Å². The van der Waals surface area contributed by atoms with Crippen molar-refractivity contribution in [3.05, 3.63) is 35.9 Å². The topological polar surface area (TPSA) is 95.9 Å². The van der Waals surface area contributed by atoms with Crippen molar-refractivity contribution in [2.24, 2.45) is 5.92 Å². The van der Waals surface area contributed by atoms with Gasteiger partial charge < -0.3 is 20.1 Å². The van der Waals surface area contributed by atoms with Crippen LogP contribution in [0.4, 0.5) is 0 Å². The lowest BCUT2D eigenvalue weighted by atomic mass is 9.95. The molecule has 1 aliphatic heterocycles. The number of benzene rings is 1. The number of amides is 1. The van der Waals surface area contributed by atoms with Crippen LogP contribution in [0.5, 0.6) is 0 Å². The second kappa shape index (κ2) is 10.1. The minimum absolute atomic E-state index is 0.0412. The number of aliphatic carboxylic acids is 1. The smallest absolute Gasteiger partial charge is 0.326 e. The number of carboxylic acid groups (broad SMARTS) is 1. The Morgan fingerprint density at radius 1 is 1.23 bits per heavy atom. The summed E-state index contributed by atoms with van der Waals surface area (Å²) in [6.07, 6.45) is 3.97. The highest BCUT2D eigenvalue weighted by molar-refractivity contribution is 5.88. The van der Waals surface area contributed by atoms with E-state index in [2.05, 4.69) is 5.32 Å². The summed E-state index contributed by atoms with van der Waals surface area (Å²) in [7, 11) is 0. The van der Waals surface area contributed by atoms with Gasteiger partial charge in [-0.05, 0) is 57.6 Å². The molecular weight excluding hydrogens is 384 g/mol. The molecule has 1 aromatic carbocycles. The minimum Gasteiger partial charge on any atom is -0.480 e. The highest BCUT2D eigenvalue weighted by Gasteiger charge is 2.49. The van der Waals surface area contributed by atoms with Crippen molar-refractivity contribution in [3.63, 3.8) is 0 Å². The van der Waals surface area contributed by atoms with Gasteiger partial charge in [0.25, 0.3) is 0 Å². The molecule has 5 atom stereocenters. The fourth-order valence-electron chi connectivity index (χ4n) is 4.93. The number of carboxylic acids is 1.